The van der Waals surface area contributed by atoms with Crippen molar-refractivity contribution in [3.63, 3.8) is 0 Å². The molecule has 5 heteroatoms. The zero-order chi connectivity index (χ0) is 11.8. The molecule has 1 saturated heterocycles. The number of rotatable bonds is 1. The minimum Gasteiger partial charge on any atom is -0.296 e. The van der Waals surface area contributed by atoms with Crippen LogP contribution in [-0.2, 0) is 0 Å². The number of halogens is 1. The SMILES string of the molecule is CN1CCCCC1c1nnc2ccc(F)cn12. The van der Waals surface area contributed by atoms with Crippen LogP contribution in [0.15, 0.2) is 18.3 Å². The second-order valence-corrected chi connectivity index (χ2v) is 4.63. The maximum Gasteiger partial charge on any atom is 0.160 e. The first-order valence-corrected chi connectivity index (χ1v) is 5.96. The molecule has 0 saturated carbocycles. The van der Waals surface area contributed by atoms with Gasteiger partial charge in [0.1, 0.15) is 5.82 Å². The van der Waals surface area contributed by atoms with Gasteiger partial charge in [-0.05, 0) is 38.6 Å². The monoisotopic (exact) mass is 234 g/mol. The Morgan fingerprint density at radius 1 is 1.29 bits per heavy atom. The summed E-state index contributed by atoms with van der Waals surface area (Å²) in [4.78, 5) is 2.27. The van der Waals surface area contributed by atoms with Gasteiger partial charge in [-0.15, -0.1) is 10.2 Å². The highest BCUT2D eigenvalue weighted by Crippen LogP contribution is 2.28. The summed E-state index contributed by atoms with van der Waals surface area (Å²) in [7, 11) is 2.09. The van der Waals surface area contributed by atoms with Gasteiger partial charge in [-0.2, -0.15) is 0 Å². The molecule has 4 nitrogen and oxygen atoms in total. The molecular formula is C12H15FN4. The third-order valence-corrected chi connectivity index (χ3v) is 3.46. The van der Waals surface area contributed by atoms with Gasteiger partial charge in [-0.25, -0.2) is 4.39 Å². The Bertz CT molecular complexity index is 536. The van der Waals surface area contributed by atoms with E-state index in [2.05, 4.69) is 22.1 Å². The van der Waals surface area contributed by atoms with Crippen molar-refractivity contribution < 1.29 is 4.39 Å². The van der Waals surface area contributed by atoms with Crippen LogP contribution in [0.3, 0.4) is 0 Å². The van der Waals surface area contributed by atoms with E-state index in [0.717, 1.165) is 18.8 Å². The highest BCUT2D eigenvalue weighted by molar-refractivity contribution is 5.38. The van der Waals surface area contributed by atoms with Gasteiger partial charge in [0, 0.05) is 6.20 Å². The van der Waals surface area contributed by atoms with Gasteiger partial charge in [0.15, 0.2) is 11.5 Å². The Morgan fingerprint density at radius 2 is 2.18 bits per heavy atom. The normalized spacial score (nSPS) is 22.1. The molecule has 3 rings (SSSR count). The zero-order valence-electron chi connectivity index (χ0n) is 9.80. The third kappa shape index (κ3) is 1.80. The van der Waals surface area contributed by atoms with E-state index in [1.807, 2.05) is 0 Å². The molecule has 0 bridgehead atoms. The smallest absolute Gasteiger partial charge is 0.160 e. The van der Waals surface area contributed by atoms with E-state index >= 15 is 0 Å². The molecule has 17 heavy (non-hydrogen) atoms. The fourth-order valence-electron chi connectivity index (χ4n) is 2.51. The molecule has 0 N–H and O–H groups in total. The quantitative estimate of drug-likeness (QED) is 0.757. The van der Waals surface area contributed by atoms with Crippen LogP contribution >= 0.6 is 0 Å². The lowest BCUT2D eigenvalue weighted by atomic mass is 10.0. The molecule has 90 valence electrons. The standard InChI is InChI=1S/C12H15FN4/c1-16-7-3-2-4-10(16)12-15-14-11-6-5-9(13)8-17(11)12/h5-6,8,10H,2-4,7H2,1H3. The van der Waals surface area contributed by atoms with Gasteiger partial charge in [0.25, 0.3) is 0 Å². The van der Waals surface area contributed by atoms with E-state index in [9.17, 15) is 4.39 Å². The fourth-order valence-corrected chi connectivity index (χ4v) is 2.51. The van der Waals surface area contributed by atoms with Crippen molar-refractivity contribution >= 4 is 5.65 Å². The van der Waals surface area contributed by atoms with Crippen molar-refractivity contribution in [2.45, 2.75) is 25.3 Å². The number of pyridine rings is 1. The molecule has 0 spiro atoms. The van der Waals surface area contributed by atoms with Gasteiger partial charge in [-0.3, -0.25) is 9.30 Å². The molecule has 1 unspecified atom stereocenters. The van der Waals surface area contributed by atoms with E-state index in [1.165, 1.54) is 25.1 Å². The summed E-state index contributed by atoms with van der Waals surface area (Å²) < 4.78 is 15.0. The number of nitrogens with zero attached hydrogens (tertiary/aromatic N) is 4. The van der Waals surface area contributed by atoms with Crippen molar-refractivity contribution in [1.29, 1.82) is 0 Å². The van der Waals surface area contributed by atoms with Crippen LogP contribution in [0.2, 0.25) is 0 Å². The minimum absolute atomic E-state index is 0.251. The molecule has 0 aromatic carbocycles. The molecular weight excluding hydrogens is 219 g/mol. The maximum atomic E-state index is 13.3. The topological polar surface area (TPSA) is 33.4 Å². The molecule has 2 aromatic rings. The lowest BCUT2D eigenvalue weighted by Gasteiger charge is -2.30. The highest BCUT2D eigenvalue weighted by Gasteiger charge is 2.25. The molecule has 1 aliphatic heterocycles. The summed E-state index contributed by atoms with van der Waals surface area (Å²) in [5.74, 6) is 0.596. The lowest BCUT2D eigenvalue weighted by molar-refractivity contribution is 0.178. The lowest BCUT2D eigenvalue weighted by Crippen LogP contribution is -2.30. The molecule has 3 heterocycles. The van der Waals surface area contributed by atoms with Gasteiger partial charge in [-0.1, -0.05) is 6.42 Å². The van der Waals surface area contributed by atoms with Gasteiger partial charge >= 0.3 is 0 Å². The Hall–Kier alpha value is -1.49. The summed E-state index contributed by atoms with van der Waals surface area (Å²) in [5.41, 5.74) is 0.709. The van der Waals surface area contributed by atoms with Gasteiger partial charge in [0.05, 0.1) is 6.04 Å². The fraction of sp³-hybridized carbons (Fsp3) is 0.500. The van der Waals surface area contributed by atoms with E-state index in [4.69, 9.17) is 0 Å². The van der Waals surface area contributed by atoms with Crippen LogP contribution in [0.1, 0.15) is 31.1 Å². The summed E-state index contributed by atoms with van der Waals surface area (Å²) in [6.45, 7) is 1.06. The summed E-state index contributed by atoms with van der Waals surface area (Å²) in [6.07, 6.45) is 4.94. The van der Waals surface area contributed by atoms with Crippen molar-refractivity contribution in [2.24, 2.45) is 0 Å². The first-order chi connectivity index (χ1) is 8.25. The zero-order valence-corrected chi connectivity index (χ0v) is 9.80. The summed E-state index contributed by atoms with van der Waals surface area (Å²) in [6, 6.07) is 3.33. The third-order valence-electron chi connectivity index (χ3n) is 3.46. The Labute approximate surface area is 99.1 Å². The average Bonchev–Trinajstić information content (AvgIpc) is 2.72. The number of hydrogen-bond donors (Lipinski definition) is 0. The number of piperidine rings is 1. The number of likely N-dealkylation sites (tertiary alicyclic amines) is 1. The predicted molar refractivity (Wildman–Crippen MR) is 62.2 cm³/mol. The van der Waals surface area contributed by atoms with Crippen LogP contribution in [0.25, 0.3) is 5.65 Å². The molecule has 1 aliphatic rings. The van der Waals surface area contributed by atoms with Crippen LogP contribution in [0.4, 0.5) is 4.39 Å². The van der Waals surface area contributed by atoms with Crippen LogP contribution in [0, 0.1) is 5.82 Å². The number of hydrogen-bond acceptors (Lipinski definition) is 3. The Kier molecular flexibility index (Phi) is 2.55. The minimum atomic E-state index is -0.253. The second kappa shape index (κ2) is 4.07. The van der Waals surface area contributed by atoms with Crippen LogP contribution in [-0.4, -0.2) is 33.1 Å². The highest BCUT2D eigenvalue weighted by atomic mass is 19.1. The Morgan fingerprint density at radius 3 is 3.00 bits per heavy atom. The van der Waals surface area contributed by atoms with Crippen molar-refractivity contribution in [3.05, 3.63) is 30.0 Å². The van der Waals surface area contributed by atoms with E-state index in [1.54, 1.807) is 10.5 Å². The molecule has 2 aromatic heterocycles. The Balaban J connectivity index is 2.07. The maximum absolute atomic E-state index is 13.3. The van der Waals surface area contributed by atoms with Crippen LogP contribution in [0.5, 0.6) is 0 Å². The summed E-state index contributed by atoms with van der Waals surface area (Å²) >= 11 is 0. The molecule has 0 radical (unpaired) electrons. The van der Waals surface area contributed by atoms with E-state index in [0.29, 0.717) is 5.65 Å². The number of fused-ring (bicyclic) bond motifs is 1. The second-order valence-electron chi connectivity index (χ2n) is 4.63. The van der Waals surface area contributed by atoms with Gasteiger partial charge in [0.2, 0.25) is 0 Å². The first-order valence-electron chi connectivity index (χ1n) is 5.96. The summed E-state index contributed by atoms with van der Waals surface area (Å²) in [5, 5.41) is 8.30. The van der Waals surface area contributed by atoms with Gasteiger partial charge < -0.3 is 0 Å². The molecule has 0 amide bonds. The van der Waals surface area contributed by atoms with E-state index < -0.39 is 0 Å². The molecule has 1 fully saturated rings. The average molecular weight is 234 g/mol. The van der Waals surface area contributed by atoms with E-state index in [-0.39, 0.29) is 11.9 Å². The largest absolute Gasteiger partial charge is 0.296 e. The molecule has 0 aliphatic carbocycles. The van der Waals surface area contributed by atoms with Crippen LogP contribution < -0.4 is 0 Å². The van der Waals surface area contributed by atoms with Crippen molar-refractivity contribution in [3.8, 4) is 0 Å². The van der Waals surface area contributed by atoms with Crippen molar-refractivity contribution in [1.82, 2.24) is 19.5 Å². The predicted octanol–water partition coefficient (Wildman–Crippen LogP) is 2.03. The van der Waals surface area contributed by atoms with Crippen molar-refractivity contribution in [2.75, 3.05) is 13.6 Å². The molecule has 1 atom stereocenters. The number of aromatic nitrogens is 3. The first kappa shape index (κ1) is 10.7.